The Bertz CT molecular complexity index is 1080. The van der Waals surface area contributed by atoms with Gasteiger partial charge in [-0.2, -0.15) is 0 Å². The normalized spacial score (nSPS) is 11.5. The summed E-state index contributed by atoms with van der Waals surface area (Å²) < 4.78 is 27.8. The Balaban J connectivity index is 2.40. The van der Waals surface area contributed by atoms with E-state index in [-0.39, 0.29) is 16.2 Å². The van der Waals surface area contributed by atoms with Gasteiger partial charge in [-0.15, -0.1) is 0 Å². The predicted octanol–water partition coefficient (Wildman–Crippen LogP) is 3.74. The summed E-state index contributed by atoms with van der Waals surface area (Å²) in [6, 6.07) is 14.7. The van der Waals surface area contributed by atoms with Crippen molar-refractivity contribution in [2.75, 3.05) is 0 Å². The molecule has 1 heterocycles. The van der Waals surface area contributed by atoms with Gasteiger partial charge in [0.1, 0.15) is 4.90 Å². The van der Waals surface area contributed by atoms with Crippen molar-refractivity contribution in [3.8, 4) is 0 Å². The lowest BCUT2D eigenvalue weighted by atomic mass is 10.2. The van der Waals surface area contributed by atoms with E-state index < -0.39 is 16.0 Å². The van der Waals surface area contributed by atoms with E-state index in [9.17, 15) is 18.3 Å². The topological polar surface area (TPSA) is 76.4 Å². The molecule has 0 amide bonds. The van der Waals surface area contributed by atoms with Crippen LogP contribution in [0, 0.1) is 0 Å². The number of fused-ring (bicyclic) bond motifs is 1. The van der Waals surface area contributed by atoms with Gasteiger partial charge in [0.05, 0.1) is 16.8 Å². The van der Waals surface area contributed by atoms with Crippen LogP contribution in [0.25, 0.3) is 16.5 Å². The maximum Gasteiger partial charge on any atom is 0.337 e. The Morgan fingerprint density at radius 1 is 1.08 bits per heavy atom. The van der Waals surface area contributed by atoms with Gasteiger partial charge in [0, 0.05) is 9.86 Å². The molecule has 7 heteroatoms. The minimum Gasteiger partial charge on any atom is -0.478 e. The molecule has 0 aliphatic heterocycles. The smallest absolute Gasteiger partial charge is 0.337 e. The second-order valence-electron chi connectivity index (χ2n) is 5.07. The number of aromatic nitrogens is 1. The van der Waals surface area contributed by atoms with E-state index in [0.717, 1.165) is 3.97 Å². The van der Waals surface area contributed by atoms with Crippen LogP contribution in [0.5, 0.6) is 0 Å². The maximum absolute atomic E-state index is 13.2. The van der Waals surface area contributed by atoms with Crippen molar-refractivity contribution in [2.24, 2.45) is 0 Å². The summed E-state index contributed by atoms with van der Waals surface area (Å²) in [4.78, 5) is 11.4. The monoisotopic (exact) mass is 405 g/mol. The molecule has 24 heavy (non-hydrogen) atoms. The first-order valence-corrected chi connectivity index (χ1v) is 9.10. The molecule has 1 N–H and O–H groups in total. The molecular formula is C17H12BrNO4S. The minimum absolute atomic E-state index is 0.0273. The average Bonchev–Trinajstić information content (AvgIpc) is 2.94. The summed E-state index contributed by atoms with van der Waals surface area (Å²) in [6.07, 6.45) is 0. The minimum atomic E-state index is -4.02. The summed E-state index contributed by atoms with van der Waals surface area (Å²) in [7, 11) is -4.02. The van der Waals surface area contributed by atoms with Crippen molar-refractivity contribution < 1.29 is 18.3 Å². The quantitative estimate of drug-likeness (QED) is 0.670. The highest BCUT2D eigenvalue weighted by molar-refractivity contribution is 9.10. The fraction of sp³-hybridized carbons (Fsp3) is 0. The summed E-state index contributed by atoms with van der Waals surface area (Å²) >= 11 is 3.24. The van der Waals surface area contributed by atoms with Gasteiger partial charge >= 0.3 is 5.97 Å². The van der Waals surface area contributed by atoms with Crippen LogP contribution in [-0.4, -0.2) is 23.5 Å². The van der Waals surface area contributed by atoms with Crippen molar-refractivity contribution in [3.05, 3.63) is 71.3 Å². The van der Waals surface area contributed by atoms with Crippen molar-refractivity contribution in [1.29, 1.82) is 0 Å². The zero-order chi connectivity index (χ0) is 17.5. The van der Waals surface area contributed by atoms with Gasteiger partial charge in [0.25, 0.3) is 10.0 Å². The number of carboxylic acid groups (broad SMARTS) is 1. The number of nitrogens with zero attached hydrogens (tertiary/aromatic N) is 1. The fourth-order valence-corrected chi connectivity index (χ4v) is 4.97. The second kappa shape index (κ2) is 5.92. The van der Waals surface area contributed by atoms with Gasteiger partial charge < -0.3 is 5.11 Å². The third kappa shape index (κ3) is 2.55. The first-order valence-electron chi connectivity index (χ1n) is 6.87. The third-order valence-electron chi connectivity index (χ3n) is 3.59. The SMILES string of the molecule is C=C(C(=O)O)c1cc2ccccc2n1S(=O)(=O)c1ccccc1Br. The summed E-state index contributed by atoms with van der Waals surface area (Å²) in [5, 5.41) is 9.88. The van der Waals surface area contributed by atoms with Gasteiger partial charge in [-0.05, 0) is 40.2 Å². The second-order valence-corrected chi connectivity index (χ2v) is 7.68. The summed E-state index contributed by atoms with van der Waals surface area (Å²) in [5.41, 5.74) is 0.131. The van der Waals surface area contributed by atoms with Crippen LogP contribution in [0.15, 0.2) is 70.5 Å². The zero-order valence-electron chi connectivity index (χ0n) is 12.3. The molecule has 2 aromatic carbocycles. The lowest BCUT2D eigenvalue weighted by molar-refractivity contribution is -0.130. The van der Waals surface area contributed by atoms with E-state index in [1.807, 2.05) is 0 Å². The number of benzene rings is 2. The number of hydrogen-bond acceptors (Lipinski definition) is 3. The molecule has 0 aliphatic rings. The highest BCUT2D eigenvalue weighted by atomic mass is 79.9. The fourth-order valence-electron chi connectivity index (χ4n) is 2.46. The molecule has 0 aliphatic carbocycles. The molecule has 0 atom stereocenters. The number of carbonyl (C=O) groups is 1. The molecule has 0 saturated carbocycles. The first-order chi connectivity index (χ1) is 11.3. The Kier molecular flexibility index (Phi) is 4.06. The van der Waals surface area contributed by atoms with Gasteiger partial charge in [0.2, 0.25) is 0 Å². The van der Waals surface area contributed by atoms with Gasteiger partial charge in [-0.3, -0.25) is 0 Å². The van der Waals surface area contributed by atoms with Crippen LogP contribution >= 0.6 is 15.9 Å². The first kappa shape index (κ1) is 16.5. The Morgan fingerprint density at radius 3 is 2.38 bits per heavy atom. The number of aliphatic carboxylic acids is 1. The highest BCUT2D eigenvalue weighted by Gasteiger charge is 2.27. The van der Waals surface area contributed by atoms with E-state index >= 15 is 0 Å². The highest BCUT2D eigenvalue weighted by Crippen LogP contribution is 2.31. The summed E-state index contributed by atoms with van der Waals surface area (Å²) in [6.45, 7) is 3.51. The van der Waals surface area contributed by atoms with Crippen molar-refractivity contribution in [2.45, 2.75) is 4.90 Å². The Morgan fingerprint density at radius 2 is 1.71 bits per heavy atom. The molecule has 0 spiro atoms. The van der Waals surface area contributed by atoms with Crippen LogP contribution in [0.3, 0.4) is 0 Å². The Hall–Kier alpha value is -2.38. The molecule has 0 saturated heterocycles. The molecule has 1 aromatic heterocycles. The molecule has 0 unspecified atom stereocenters. The largest absolute Gasteiger partial charge is 0.478 e. The molecular weight excluding hydrogens is 394 g/mol. The molecule has 0 fully saturated rings. The van der Waals surface area contributed by atoms with Crippen molar-refractivity contribution in [3.63, 3.8) is 0 Å². The van der Waals surface area contributed by atoms with E-state index in [1.165, 1.54) is 12.1 Å². The van der Waals surface area contributed by atoms with E-state index in [4.69, 9.17) is 0 Å². The lowest BCUT2D eigenvalue weighted by Gasteiger charge is -2.13. The third-order valence-corrected chi connectivity index (χ3v) is 6.33. The molecule has 3 rings (SSSR count). The van der Waals surface area contributed by atoms with Crippen molar-refractivity contribution >= 4 is 48.4 Å². The molecule has 5 nitrogen and oxygen atoms in total. The molecule has 122 valence electrons. The van der Waals surface area contributed by atoms with E-state index in [2.05, 4.69) is 22.5 Å². The van der Waals surface area contributed by atoms with Crippen LogP contribution in [-0.2, 0) is 14.8 Å². The van der Waals surface area contributed by atoms with Crippen LogP contribution < -0.4 is 0 Å². The van der Waals surface area contributed by atoms with Crippen molar-refractivity contribution in [1.82, 2.24) is 3.97 Å². The van der Waals surface area contributed by atoms with Crippen LogP contribution in [0.1, 0.15) is 5.69 Å². The Labute approximate surface area is 147 Å². The maximum atomic E-state index is 13.2. The van der Waals surface area contributed by atoms with Crippen LogP contribution in [0.4, 0.5) is 0 Å². The molecule has 0 radical (unpaired) electrons. The number of halogens is 1. The number of rotatable bonds is 4. The number of carboxylic acids is 1. The summed E-state index contributed by atoms with van der Waals surface area (Å²) in [5.74, 6) is -1.28. The van der Waals surface area contributed by atoms with Gasteiger partial charge in [-0.1, -0.05) is 36.9 Å². The molecule has 0 bridgehead atoms. The number of hydrogen-bond donors (Lipinski definition) is 1. The standard InChI is InChI=1S/C17H12BrNO4S/c1-11(17(20)21)15-10-12-6-2-4-8-14(12)19(15)24(22,23)16-9-5-3-7-13(16)18/h2-10H,1H2,(H,20,21). The predicted molar refractivity (Wildman–Crippen MR) is 95.3 cm³/mol. The van der Waals surface area contributed by atoms with Crippen LogP contribution in [0.2, 0.25) is 0 Å². The lowest BCUT2D eigenvalue weighted by Crippen LogP contribution is -2.17. The molecule has 3 aromatic rings. The zero-order valence-corrected chi connectivity index (χ0v) is 14.7. The van der Waals surface area contributed by atoms with E-state index in [1.54, 1.807) is 42.5 Å². The van der Waals surface area contributed by atoms with E-state index in [0.29, 0.717) is 15.4 Å². The van der Waals surface area contributed by atoms with Gasteiger partial charge in [-0.25, -0.2) is 17.2 Å². The van der Waals surface area contributed by atoms with Gasteiger partial charge in [0.15, 0.2) is 0 Å². The average molecular weight is 406 g/mol. The number of para-hydroxylation sites is 1.